The summed E-state index contributed by atoms with van der Waals surface area (Å²) >= 11 is 3.81. The predicted octanol–water partition coefficient (Wildman–Crippen LogP) is 9.44. The van der Waals surface area contributed by atoms with Gasteiger partial charge in [-0.15, -0.1) is 6.58 Å². The molecule has 0 aliphatic heterocycles. The van der Waals surface area contributed by atoms with Gasteiger partial charge in [-0.2, -0.15) is 0 Å². The molecule has 6 heteroatoms. The molecule has 0 unspecified atom stereocenters. The summed E-state index contributed by atoms with van der Waals surface area (Å²) in [5.41, 5.74) is 5.39. The van der Waals surface area contributed by atoms with Crippen LogP contribution in [-0.2, 0) is 27.8 Å². The second kappa shape index (κ2) is 23.3. The van der Waals surface area contributed by atoms with Crippen LogP contribution in [0.3, 0.4) is 0 Å². The standard InChI is InChI=1S/2C9H21P.C2H4S.2ClH.Ru/c2*1-7(2)10(8(3)4)9(5)6;1-2-3;;;/h2*7-9H,1-6H3;2-3H,1H2;2*1H;/q;;;;;+2/p-3. The van der Waals surface area contributed by atoms with Crippen LogP contribution in [0.4, 0.5) is 0 Å². The van der Waals surface area contributed by atoms with Crippen molar-refractivity contribution >= 4 is 47.9 Å². The van der Waals surface area contributed by atoms with Gasteiger partial charge in [-0.05, 0) is 34.0 Å². The number of rotatable bonds is 6. The monoisotopic (exact) mass is 551 g/mol. The Labute approximate surface area is 191 Å². The first-order valence-electron chi connectivity index (χ1n) is 9.39. The Hall–Kier alpha value is 2.02. The number of halogens is 2. The van der Waals surface area contributed by atoms with E-state index >= 15 is 0 Å². The number of hydrogen-bond donors (Lipinski definition) is 0. The average molecular weight is 552 g/mol. The molecule has 0 N–H and O–H groups in total. The summed E-state index contributed by atoms with van der Waals surface area (Å²) in [7, 11) is 10.2. The van der Waals surface area contributed by atoms with Crippen LogP contribution in [0.5, 0.6) is 0 Å². The molecule has 0 amide bonds. The molecule has 0 aromatic rings. The molecule has 0 nitrogen and oxygen atoms in total. The molecule has 0 aliphatic rings. The zero-order valence-electron chi connectivity index (χ0n) is 19.2. The summed E-state index contributed by atoms with van der Waals surface area (Å²) in [5, 5.41) is 1.33. The molecule has 0 atom stereocenters. The average Bonchev–Trinajstić information content (AvgIpc) is 2.37. The van der Waals surface area contributed by atoms with Crippen molar-refractivity contribution in [1.82, 2.24) is 0 Å². The first-order valence-corrected chi connectivity index (χ1v) is 17.4. The molecule has 0 radical (unpaired) electrons. The summed E-state index contributed by atoms with van der Waals surface area (Å²) in [6.45, 7) is 31.4. The minimum absolute atomic E-state index is 0.262. The molecule has 0 spiro atoms. The third-order valence-electron chi connectivity index (χ3n) is 3.58. The van der Waals surface area contributed by atoms with Crippen molar-refractivity contribution in [3.63, 3.8) is 0 Å². The van der Waals surface area contributed by atoms with E-state index in [2.05, 4.69) is 102 Å². The van der Waals surface area contributed by atoms with E-state index in [-0.39, 0.29) is 31.0 Å². The fourth-order valence-corrected chi connectivity index (χ4v) is 10.7. The molecule has 0 rings (SSSR count). The zero-order valence-corrected chi connectivity index (χ0v) is 25.0. The van der Waals surface area contributed by atoms with Crippen LogP contribution in [-0.4, -0.2) is 34.0 Å². The summed E-state index contributed by atoms with van der Waals surface area (Å²) in [5.74, 6) is 0. The molecule has 0 aromatic heterocycles. The number of hydrogen-bond acceptors (Lipinski definition) is 1. The van der Waals surface area contributed by atoms with Gasteiger partial charge in [0.15, 0.2) is 0 Å². The Kier molecular flexibility index (Phi) is 31.8. The van der Waals surface area contributed by atoms with Gasteiger partial charge < -0.3 is 12.6 Å². The maximum atomic E-state index is 4.85. The van der Waals surface area contributed by atoms with Gasteiger partial charge in [0, 0.05) is 0 Å². The summed E-state index contributed by atoms with van der Waals surface area (Å²) in [4.78, 5) is 0. The third kappa shape index (κ3) is 24.1. The van der Waals surface area contributed by atoms with Gasteiger partial charge in [0.2, 0.25) is 0 Å². The zero-order chi connectivity index (χ0) is 22.0. The van der Waals surface area contributed by atoms with E-state index in [1.54, 1.807) is 0 Å². The quantitative estimate of drug-likeness (QED) is 0.180. The molecular formula is C20H45Cl2P2RuS-. The molecule has 0 fully saturated rings. The topological polar surface area (TPSA) is 0 Å². The van der Waals surface area contributed by atoms with Gasteiger partial charge in [0.05, 0.1) is 0 Å². The predicted molar refractivity (Wildman–Crippen MR) is 134 cm³/mol. The van der Waals surface area contributed by atoms with Crippen molar-refractivity contribution in [2.75, 3.05) is 0 Å². The van der Waals surface area contributed by atoms with E-state index in [1.165, 1.54) is 5.41 Å². The Morgan fingerprint density at radius 2 is 0.692 bits per heavy atom. The van der Waals surface area contributed by atoms with Crippen molar-refractivity contribution in [1.29, 1.82) is 0 Å². The van der Waals surface area contributed by atoms with E-state index in [0.29, 0.717) is 0 Å². The molecule has 0 aromatic carbocycles. The van der Waals surface area contributed by atoms with E-state index < -0.39 is 0 Å². The minimum atomic E-state index is -0.346. The summed E-state index contributed by atoms with van der Waals surface area (Å²) < 4.78 is 0. The van der Waals surface area contributed by atoms with Crippen LogP contribution in [0, 0.1) is 0 Å². The maximum absolute atomic E-state index is 4.85. The molecular weight excluding hydrogens is 506 g/mol. The molecule has 0 saturated carbocycles. The molecule has 0 bridgehead atoms. The normalized spacial score (nSPS) is 11.0. The summed E-state index contributed by atoms with van der Waals surface area (Å²) in [6.07, 6.45) is 0. The van der Waals surface area contributed by atoms with Crippen molar-refractivity contribution in [3.05, 3.63) is 12.0 Å². The van der Waals surface area contributed by atoms with Gasteiger partial charge in [0.1, 0.15) is 0 Å². The Balaban J connectivity index is -0.000000143. The van der Waals surface area contributed by atoms with Gasteiger partial charge in [-0.3, -0.25) is 0 Å². The van der Waals surface area contributed by atoms with E-state index in [1.807, 2.05) is 0 Å². The van der Waals surface area contributed by atoms with E-state index in [9.17, 15) is 0 Å². The van der Waals surface area contributed by atoms with Gasteiger partial charge >= 0.3 is 34.5 Å². The van der Waals surface area contributed by atoms with Crippen LogP contribution in [0.15, 0.2) is 12.0 Å². The molecule has 0 saturated heterocycles. The molecule has 0 aliphatic carbocycles. The van der Waals surface area contributed by atoms with Crippen LogP contribution in [0.25, 0.3) is 0 Å². The fourth-order valence-electron chi connectivity index (χ4n) is 3.58. The van der Waals surface area contributed by atoms with Crippen LogP contribution in [0.2, 0.25) is 0 Å². The van der Waals surface area contributed by atoms with E-state index in [4.69, 9.17) is 19.4 Å². The first-order chi connectivity index (χ1) is 11.8. The van der Waals surface area contributed by atoms with Gasteiger partial charge in [-0.25, -0.2) is 5.41 Å². The second-order valence-electron chi connectivity index (χ2n) is 7.67. The second-order valence-corrected chi connectivity index (χ2v) is 18.6. The van der Waals surface area contributed by atoms with Crippen molar-refractivity contribution in [2.45, 2.75) is 117 Å². The van der Waals surface area contributed by atoms with Crippen molar-refractivity contribution in [2.24, 2.45) is 0 Å². The Morgan fingerprint density at radius 1 is 0.615 bits per heavy atom. The van der Waals surface area contributed by atoms with Crippen LogP contribution >= 0.6 is 35.2 Å². The molecule has 0 heterocycles. The van der Waals surface area contributed by atoms with Gasteiger partial charge in [0.25, 0.3) is 0 Å². The molecule has 26 heavy (non-hydrogen) atoms. The summed E-state index contributed by atoms with van der Waals surface area (Å²) in [6, 6.07) is 0. The Bertz CT molecular complexity index is 225. The van der Waals surface area contributed by atoms with Crippen LogP contribution < -0.4 is 0 Å². The van der Waals surface area contributed by atoms with Crippen molar-refractivity contribution < 1.29 is 15.1 Å². The van der Waals surface area contributed by atoms with E-state index in [0.717, 1.165) is 34.0 Å². The van der Waals surface area contributed by atoms with Crippen LogP contribution in [0.1, 0.15) is 83.1 Å². The first kappa shape index (κ1) is 35.5. The Morgan fingerprint density at radius 3 is 0.692 bits per heavy atom. The van der Waals surface area contributed by atoms with Crippen molar-refractivity contribution in [3.8, 4) is 0 Å². The fraction of sp³-hybridized carbons (Fsp3) is 0.900. The van der Waals surface area contributed by atoms with Gasteiger partial charge in [-0.1, -0.05) is 98.9 Å². The third-order valence-corrected chi connectivity index (χ3v) is 10.7. The molecule has 164 valence electrons. The SMILES string of the molecule is C=C[S-].CC(C)P(C(C)C)C(C)C.CC(C)P(C(C)C)C(C)C.[Cl][Ru][Cl].